The molecule has 7 heteroatoms. The first kappa shape index (κ1) is 15.3. The van der Waals surface area contributed by atoms with E-state index in [9.17, 15) is 4.79 Å². The monoisotopic (exact) mass is 320 g/mol. The van der Waals surface area contributed by atoms with E-state index in [1.165, 1.54) is 11.3 Å². The molecule has 0 aromatic carbocycles. The Kier molecular flexibility index (Phi) is 4.66. The highest BCUT2D eigenvalue weighted by atomic mass is 32.1. The molecule has 22 heavy (non-hydrogen) atoms. The van der Waals surface area contributed by atoms with Crippen LogP contribution in [0.3, 0.4) is 0 Å². The van der Waals surface area contributed by atoms with Crippen LogP contribution in [-0.2, 0) is 18.3 Å². The van der Waals surface area contributed by atoms with E-state index in [0.29, 0.717) is 26.2 Å². The van der Waals surface area contributed by atoms with Crippen molar-refractivity contribution in [2.45, 2.75) is 25.9 Å². The van der Waals surface area contributed by atoms with Crippen LogP contribution in [0.25, 0.3) is 0 Å². The molecule has 0 radical (unpaired) electrons. The minimum absolute atomic E-state index is 0.0976. The molecule has 0 aliphatic carbocycles. The predicted molar refractivity (Wildman–Crippen MR) is 84.0 cm³/mol. The summed E-state index contributed by atoms with van der Waals surface area (Å²) < 4.78 is 7.56. The fraction of sp³-hybridized carbons (Fsp3) is 0.533. The highest BCUT2D eigenvalue weighted by Crippen LogP contribution is 2.18. The van der Waals surface area contributed by atoms with E-state index in [1.807, 2.05) is 36.1 Å². The average Bonchev–Trinajstić information content (AvgIpc) is 3.15. The summed E-state index contributed by atoms with van der Waals surface area (Å²) in [5, 5.41) is 10.3. The minimum atomic E-state index is 0.0976. The molecule has 1 unspecified atom stereocenters. The summed E-state index contributed by atoms with van der Waals surface area (Å²) in [5.41, 5.74) is 0. The van der Waals surface area contributed by atoms with Gasteiger partial charge in [0.1, 0.15) is 11.6 Å². The van der Waals surface area contributed by atoms with Gasteiger partial charge in [-0.25, -0.2) is 0 Å². The van der Waals surface area contributed by atoms with E-state index in [-0.39, 0.29) is 11.8 Å². The molecule has 3 rings (SSSR count). The Morgan fingerprint density at radius 3 is 3.05 bits per heavy atom. The molecule has 2 aromatic heterocycles. The number of aryl methyl sites for hydroxylation is 1. The van der Waals surface area contributed by atoms with Gasteiger partial charge in [0.2, 0.25) is 0 Å². The lowest BCUT2D eigenvalue weighted by molar-refractivity contribution is -0.0140. The number of hydrogen-bond acceptors (Lipinski definition) is 6. The first-order valence-electron chi connectivity index (χ1n) is 7.38. The number of hydrogen-bond donors (Lipinski definition) is 0. The van der Waals surface area contributed by atoms with Crippen molar-refractivity contribution >= 4 is 17.1 Å². The van der Waals surface area contributed by atoms with Gasteiger partial charge in [-0.3, -0.25) is 9.69 Å². The van der Waals surface area contributed by atoms with E-state index < -0.39 is 0 Å². The fourth-order valence-corrected chi connectivity index (χ4v) is 3.28. The SMILES string of the molecule is Cc1nnc(CN2CCOCC2CC(=O)c2cccs2)n1C. The molecular formula is C15H20N4O2S. The number of aromatic nitrogens is 3. The van der Waals surface area contributed by atoms with E-state index in [1.54, 1.807) is 0 Å². The standard InChI is InChI=1S/C15H20N4O2S/c1-11-16-17-15(18(11)2)9-19-5-6-21-10-12(19)8-13(20)14-4-3-7-22-14/h3-4,7,12H,5-6,8-10H2,1-2H3. The normalized spacial score (nSPS) is 19.5. The number of carbonyl (C=O) groups is 1. The number of Topliss-reactive ketones (excluding diaryl/α,β-unsaturated/α-hetero) is 1. The molecule has 1 atom stereocenters. The number of rotatable bonds is 5. The summed E-state index contributed by atoms with van der Waals surface area (Å²) in [5.74, 6) is 2.01. The number of ether oxygens (including phenoxy) is 1. The van der Waals surface area contributed by atoms with Crippen LogP contribution in [0.1, 0.15) is 27.7 Å². The molecular weight excluding hydrogens is 300 g/mol. The van der Waals surface area contributed by atoms with Gasteiger partial charge in [0, 0.05) is 26.1 Å². The summed E-state index contributed by atoms with van der Waals surface area (Å²) in [6.07, 6.45) is 0.483. The largest absolute Gasteiger partial charge is 0.378 e. The van der Waals surface area contributed by atoms with Crippen LogP contribution in [0.5, 0.6) is 0 Å². The van der Waals surface area contributed by atoms with Crippen LogP contribution in [0.2, 0.25) is 0 Å². The lowest BCUT2D eigenvalue weighted by Gasteiger charge is -2.34. The van der Waals surface area contributed by atoms with Gasteiger partial charge in [-0.15, -0.1) is 21.5 Å². The molecule has 0 saturated carbocycles. The smallest absolute Gasteiger partial charge is 0.174 e. The fourth-order valence-electron chi connectivity index (χ4n) is 2.61. The second-order valence-electron chi connectivity index (χ2n) is 5.53. The van der Waals surface area contributed by atoms with E-state index in [2.05, 4.69) is 15.1 Å². The van der Waals surface area contributed by atoms with Gasteiger partial charge in [0.05, 0.1) is 24.6 Å². The van der Waals surface area contributed by atoms with Gasteiger partial charge < -0.3 is 9.30 Å². The number of carbonyl (C=O) groups excluding carboxylic acids is 1. The molecule has 0 amide bonds. The maximum Gasteiger partial charge on any atom is 0.174 e. The van der Waals surface area contributed by atoms with Crippen molar-refractivity contribution in [2.24, 2.45) is 7.05 Å². The van der Waals surface area contributed by atoms with Crippen molar-refractivity contribution < 1.29 is 9.53 Å². The highest BCUT2D eigenvalue weighted by molar-refractivity contribution is 7.12. The summed E-state index contributed by atoms with van der Waals surface area (Å²) in [6.45, 7) is 4.74. The zero-order valence-electron chi connectivity index (χ0n) is 12.9. The third kappa shape index (κ3) is 3.26. The number of nitrogens with zero attached hydrogens (tertiary/aromatic N) is 4. The average molecular weight is 320 g/mol. The van der Waals surface area contributed by atoms with Crippen molar-refractivity contribution in [3.05, 3.63) is 34.0 Å². The van der Waals surface area contributed by atoms with Crippen molar-refractivity contribution in [1.29, 1.82) is 0 Å². The lowest BCUT2D eigenvalue weighted by Crippen LogP contribution is -2.46. The Morgan fingerprint density at radius 1 is 1.50 bits per heavy atom. The molecule has 1 fully saturated rings. The molecule has 0 bridgehead atoms. The van der Waals surface area contributed by atoms with Crippen molar-refractivity contribution in [2.75, 3.05) is 19.8 Å². The molecule has 2 aromatic rings. The zero-order chi connectivity index (χ0) is 15.5. The summed E-state index contributed by atoms with van der Waals surface area (Å²) >= 11 is 1.50. The van der Waals surface area contributed by atoms with Gasteiger partial charge in [0.25, 0.3) is 0 Å². The van der Waals surface area contributed by atoms with Gasteiger partial charge >= 0.3 is 0 Å². The molecule has 118 valence electrons. The van der Waals surface area contributed by atoms with E-state index in [0.717, 1.165) is 23.1 Å². The molecule has 3 heterocycles. The van der Waals surface area contributed by atoms with E-state index in [4.69, 9.17) is 4.74 Å². The molecule has 0 N–H and O–H groups in total. The minimum Gasteiger partial charge on any atom is -0.378 e. The third-order valence-electron chi connectivity index (χ3n) is 4.09. The first-order chi connectivity index (χ1) is 10.6. The zero-order valence-corrected chi connectivity index (χ0v) is 13.7. The topological polar surface area (TPSA) is 60.2 Å². The van der Waals surface area contributed by atoms with Crippen molar-refractivity contribution in [3.8, 4) is 0 Å². The van der Waals surface area contributed by atoms with Gasteiger partial charge in [-0.1, -0.05) is 6.07 Å². The summed E-state index contributed by atoms with van der Waals surface area (Å²) in [6, 6.07) is 3.89. The van der Waals surface area contributed by atoms with Crippen LogP contribution in [0.15, 0.2) is 17.5 Å². The summed E-state index contributed by atoms with van der Waals surface area (Å²) in [4.78, 5) is 15.4. The van der Waals surface area contributed by atoms with Gasteiger partial charge in [-0.05, 0) is 18.4 Å². The number of ketones is 1. The quantitative estimate of drug-likeness (QED) is 0.784. The first-order valence-corrected chi connectivity index (χ1v) is 8.26. The Balaban J connectivity index is 1.68. The molecule has 1 aliphatic heterocycles. The third-order valence-corrected chi connectivity index (χ3v) is 5.00. The number of morpholine rings is 1. The Hall–Kier alpha value is -1.57. The van der Waals surface area contributed by atoms with E-state index >= 15 is 0 Å². The highest BCUT2D eigenvalue weighted by Gasteiger charge is 2.27. The van der Waals surface area contributed by atoms with Crippen LogP contribution in [0.4, 0.5) is 0 Å². The van der Waals surface area contributed by atoms with Crippen molar-refractivity contribution in [1.82, 2.24) is 19.7 Å². The van der Waals surface area contributed by atoms with Crippen LogP contribution in [-0.4, -0.2) is 51.2 Å². The van der Waals surface area contributed by atoms with Gasteiger partial charge in [0.15, 0.2) is 5.78 Å². The van der Waals surface area contributed by atoms with Crippen LogP contribution < -0.4 is 0 Å². The van der Waals surface area contributed by atoms with Crippen LogP contribution in [0, 0.1) is 6.92 Å². The predicted octanol–water partition coefficient (Wildman–Crippen LogP) is 1.66. The van der Waals surface area contributed by atoms with Crippen LogP contribution >= 0.6 is 11.3 Å². The Morgan fingerprint density at radius 2 is 2.36 bits per heavy atom. The Labute approximate surface area is 133 Å². The lowest BCUT2D eigenvalue weighted by atomic mass is 10.1. The maximum atomic E-state index is 12.3. The maximum absolute atomic E-state index is 12.3. The second kappa shape index (κ2) is 6.68. The molecule has 6 nitrogen and oxygen atoms in total. The number of thiophene rings is 1. The summed E-state index contributed by atoms with van der Waals surface area (Å²) in [7, 11) is 1.97. The van der Waals surface area contributed by atoms with Gasteiger partial charge in [-0.2, -0.15) is 0 Å². The molecule has 1 saturated heterocycles. The second-order valence-corrected chi connectivity index (χ2v) is 6.47. The Bertz CT molecular complexity index is 638. The molecule has 1 aliphatic rings. The van der Waals surface area contributed by atoms with Crippen molar-refractivity contribution in [3.63, 3.8) is 0 Å². The molecule has 0 spiro atoms.